The number of phenolic OH excluding ortho intramolecular Hbond substituents is 1. The molecule has 0 radical (unpaired) electrons. The fourth-order valence-corrected chi connectivity index (χ4v) is 3.61. The van der Waals surface area contributed by atoms with E-state index in [9.17, 15) is 9.90 Å². The fourth-order valence-electron chi connectivity index (χ4n) is 3.61. The SMILES string of the molecule is O=C(CCC1CNNC1)N1CCOc2c(O)cc(-c3cccnc3)cc2C1. The first-order valence-corrected chi connectivity index (χ1v) is 9.33. The summed E-state index contributed by atoms with van der Waals surface area (Å²) in [6.45, 7) is 3.15. The predicted octanol–water partition coefficient (Wildman–Crippen LogP) is 1.68. The zero-order valence-electron chi connectivity index (χ0n) is 15.1. The molecule has 2 aromatic rings. The number of fused-ring (bicyclic) bond motifs is 1. The molecule has 0 unspecified atom stereocenters. The van der Waals surface area contributed by atoms with Crippen LogP contribution >= 0.6 is 0 Å². The van der Waals surface area contributed by atoms with Gasteiger partial charge in [-0.05, 0) is 36.1 Å². The summed E-state index contributed by atoms with van der Waals surface area (Å²) in [5.74, 6) is 1.20. The maximum absolute atomic E-state index is 12.7. The Balaban J connectivity index is 1.51. The van der Waals surface area contributed by atoms with Crippen LogP contribution in [0.5, 0.6) is 11.5 Å². The van der Waals surface area contributed by atoms with Gasteiger partial charge in [0.2, 0.25) is 5.91 Å². The Kier molecular flexibility index (Phi) is 5.22. The average molecular weight is 368 g/mol. The second-order valence-corrected chi connectivity index (χ2v) is 7.06. The number of carbonyl (C=O) groups is 1. The summed E-state index contributed by atoms with van der Waals surface area (Å²) < 4.78 is 5.75. The van der Waals surface area contributed by atoms with Gasteiger partial charge < -0.3 is 14.7 Å². The topological polar surface area (TPSA) is 86.7 Å². The number of amides is 1. The molecule has 3 heterocycles. The van der Waals surface area contributed by atoms with Crippen LogP contribution in [0.4, 0.5) is 0 Å². The second-order valence-electron chi connectivity index (χ2n) is 7.06. The van der Waals surface area contributed by atoms with Crippen LogP contribution in [0.2, 0.25) is 0 Å². The normalized spacial score (nSPS) is 17.3. The third kappa shape index (κ3) is 4.04. The smallest absolute Gasteiger partial charge is 0.222 e. The van der Waals surface area contributed by atoms with Crippen molar-refractivity contribution in [1.29, 1.82) is 0 Å². The molecule has 2 aliphatic rings. The average Bonchev–Trinajstić information content (AvgIpc) is 3.11. The molecule has 7 heteroatoms. The van der Waals surface area contributed by atoms with E-state index < -0.39 is 0 Å². The van der Waals surface area contributed by atoms with Crippen molar-refractivity contribution in [2.24, 2.45) is 5.92 Å². The number of nitrogens with zero attached hydrogens (tertiary/aromatic N) is 2. The Morgan fingerprint density at radius 1 is 1.30 bits per heavy atom. The molecule has 0 bridgehead atoms. The minimum atomic E-state index is 0.101. The number of carbonyl (C=O) groups excluding carboxylic acids is 1. The molecule has 1 amide bonds. The van der Waals surface area contributed by atoms with Crippen molar-refractivity contribution in [3.8, 4) is 22.6 Å². The van der Waals surface area contributed by atoms with Crippen LogP contribution in [-0.2, 0) is 11.3 Å². The van der Waals surface area contributed by atoms with Crippen molar-refractivity contribution in [2.75, 3.05) is 26.2 Å². The van der Waals surface area contributed by atoms with Gasteiger partial charge in [-0.25, -0.2) is 0 Å². The van der Waals surface area contributed by atoms with E-state index in [2.05, 4.69) is 15.8 Å². The number of nitrogens with one attached hydrogen (secondary N) is 2. The van der Waals surface area contributed by atoms with Crippen molar-refractivity contribution < 1.29 is 14.6 Å². The van der Waals surface area contributed by atoms with Gasteiger partial charge >= 0.3 is 0 Å². The number of benzene rings is 1. The standard InChI is InChI=1S/C20H24N4O3/c25-18-9-16(15-2-1-5-21-12-15)8-17-13-24(6-7-27-20(17)18)19(26)4-3-14-10-22-23-11-14/h1-2,5,8-9,12,14,22-23,25H,3-4,6-7,10-11,13H2. The summed E-state index contributed by atoms with van der Waals surface area (Å²) in [6, 6.07) is 7.46. The van der Waals surface area contributed by atoms with Crippen molar-refractivity contribution in [1.82, 2.24) is 20.7 Å². The van der Waals surface area contributed by atoms with Crippen LogP contribution in [0.3, 0.4) is 0 Å². The molecular formula is C20H24N4O3. The van der Waals surface area contributed by atoms with Gasteiger partial charge in [-0.1, -0.05) is 6.07 Å². The van der Waals surface area contributed by atoms with Crippen LogP contribution in [-0.4, -0.2) is 47.1 Å². The molecule has 7 nitrogen and oxygen atoms in total. The van der Waals surface area contributed by atoms with Gasteiger partial charge in [0.25, 0.3) is 0 Å². The molecule has 0 atom stereocenters. The molecule has 1 aromatic heterocycles. The number of hydrogen-bond donors (Lipinski definition) is 3. The minimum Gasteiger partial charge on any atom is -0.504 e. The van der Waals surface area contributed by atoms with E-state index in [0.717, 1.165) is 36.2 Å². The largest absolute Gasteiger partial charge is 0.504 e. The Bertz CT molecular complexity index is 806. The third-order valence-electron chi connectivity index (χ3n) is 5.14. The lowest BCUT2D eigenvalue weighted by molar-refractivity contribution is -0.132. The number of rotatable bonds is 4. The van der Waals surface area contributed by atoms with Gasteiger partial charge in [-0.3, -0.25) is 20.6 Å². The molecule has 1 aromatic carbocycles. The van der Waals surface area contributed by atoms with Gasteiger partial charge in [0, 0.05) is 49.6 Å². The van der Waals surface area contributed by atoms with E-state index >= 15 is 0 Å². The highest BCUT2D eigenvalue weighted by Crippen LogP contribution is 2.37. The molecule has 0 aliphatic carbocycles. The highest BCUT2D eigenvalue weighted by Gasteiger charge is 2.24. The van der Waals surface area contributed by atoms with Gasteiger partial charge in [-0.2, -0.15) is 0 Å². The van der Waals surface area contributed by atoms with Crippen molar-refractivity contribution in [3.63, 3.8) is 0 Å². The lowest BCUT2D eigenvalue weighted by Gasteiger charge is -2.21. The quantitative estimate of drug-likeness (QED) is 0.761. The molecule has 1 fully saturated rings. The molecule has 142 valence electrons. The van der Waals surface area contributed by atoms with Crippen LogP contribution in [0.1, 0.15) is 18.4 Å². The highest BCUT2D eigenvalue weighted by atomic mass is 16.5. The van der Waals surface area contributed by atoms with Gasteiger partial charge in [-0.15, -0.1) is 0 Å². The summed E-state index contributed by atoms with van der Waals surface area (Å²) in [5.41, 5.74) is 8.80. The number of ether oxygens (including phenoxy) is 1. The Labute approximate surface area is 158 Å². The first-order chi connectivity index (χ1) is 13.2. The van der Waals surface area contributed by atoms with Gasteiger partial charge in [0.15, 0.2) is 11.5 Å². The maximum Gasteiger partial charge on any atom is 0.222 e. The minimum absolute atomic E-state index is 0.101. The number of hydrogen-bond acceptors (Lipinski definition) is 6. The molecule has 3 N–H and O–H groups in total. The summed E-state index contributed by atoms with van der Waals surface area (Å²) in [6.07, 6.45) is 4.86. The van der Waals surface area contributed by atoms with Crippen molar-refractivity contribution in [2.45, 2.75) is 19.4 Å². The summed E-state index contributed by atoms with van der Waals surface area (Å²) in [4.78, 5) is 18.7. The molecule has 1 saturated heterocycles. The van der Waals surface area contributed by atoms with Crippen molar-refractivity contribution >= 4 is 5.91 Å². The molecule has 0 saturated carbocycles. The van der Waals surface area contributed by atoms with Crippen LogP contribution in [0.25, 0.3) is 11.1 Å². The first kappa shape index (κ1) is 17.8. The Morgan fingerprint density at radius 3 is 2.93 bits per heavy atom. The van der Waals surface area contributed by atoms with E-state index in [4.69, 9.17) is 4.74 Å². The molecule has 2 aliphatic heterocycles. The number of phenols is 1. The zero-order chi connectivity index (χ0) is 18.6. The van der Waals surface area contributed by atoms with E-state index in [-0.39, 0.29) is 11.7 Å². The number of aromatic nitrogens is 1. The van der Waals surface area contributed by atoms with Gasteiger partial charge in [0.1, 0.15) is 6.61 Å². The lowest BCUT2D eigenvalue weighted by atomic mass is 10.0. The number of pyridine rings is 1. The Morgan fingerprint density at radius 2 is 2.15 bits per heavy atom. The lowest BCUT2D eigenvalue weighted by Crippen LogP contribution is -2.32. The molecule has 27 heavy (non-hydrogen) atoms. The van der Waals surface area contributed by atoms with E-state index in [1.807, 2.05) is 23.1 Å². The summed E-state index contributed by atoms with van der Waals surface area (Å²) >= 11 is 0. The number of aromatic hydroxyl groups is 1. The predicted molar refractivity (Wildman–Crippen MR) is 101 cm³/mol. The first-order valence-electron chi connectivity index (χ1n) is 9.33. The molecular weight excluding hydrogens is 344 g/mol. The van der Waals surface area contributed by atoms with E-state index in [1.54, 1.807) is 18.5 Å². The summed E-state index contributed by atoms with van der Waals surface area (Å²) in [7, 11) is 0. The molecule has 4 rings (SSSR count). The van der Waals surface area contributed by atoms with E-state index in [1.165, 1.54) is 0 Å². The van der Waals surface area contributed by atoms with Crippen LogP contribution in [0.15, 0.2) is 36.7 Å². The third-order valence-corrected chi connectivity index (χ3v) is 5.14. The zero-order valence-corrected chi connectivity index (χ0v) is 15.1. The van der Waals surface area contributed by atoms with Crippen LogP contribution in [0, 0.1) is 5.92 Å². The Hall–Kier alpha value is -2.64. The summed E-state index contributed by atoms with van der Waals surface area (Å²) in [5, 5.41) is 10.4. The fraction of sp³-hybridized carbons (Fsp3) is 0.400. The maximum atomic E-state index is 12.7. The van der Waals surface area contributed by atoms with Gasteiger partial charge in [0.05, 0.1) is 6.54 Å². The van der Waals surface area contributed by atoms with E-state index in [0.29, 0.717) is 37.8 Å². The highest BCUT2D eigenvalue weighted by molar-refractivity contribution is 5.77. The molecule has 0 spiro atoms. The van der Waals surface area contributed by atoms with Crippen LogP contribution < -0.4 is 15.6 Å². The number of hydrazine groups is 1. The monoisotopic (exact) mass is 368 g/mol. The van der Waals surface area contributed by atoms with Crippen molar-refractivity contribution in [3.05, 3.63) is 42.2 Å². The second kappa shape index (κ2) is 7.94.